The quantitative estimate of drug-likeness (QED) is 0.560. The molecule has 154 valence electrons. The lowest BCUT2D eigenvalue weighted by molar-refractivity contribution is -0.141. The van der Waals surface area contributed by atoms with Gasteiger partial charge in [0.05, 0.1) is 12.0 Å². The van der Waals surface area contributed by atoms with Crippen LogP contribution in [0.4, 0.5) is 13.2 Å². The second kappa shape index (κ2) is 8.82. The molecule has 1 rings (SSSR count). The zero-order chi connectivity index (χ0) is 21.8. The van der Waals surface area contributed by atoms with Crippen molar-refractivity contribution in [2.24, 2.45) is 0 Å². The molecule has 1 aromatic carbocycles. The second-order valence-electron chi connectivity index (χ2n) is 8.21. The van der Waals surface area contributed by atoms with Crippen molar-refractivity contribution >= 4 is 20.0 Å². The van der Waals surface area contributed by atoms with E-state index in [1.165, 1.54) is 12.1 Å². The number of aliphatic carboxylic acids is 1. The zero-order valence-electron chi connectivity index (χ0n) is 16.7. The van der Waals surface area contributed by atoms with Gasteiger partial charge in [0.1, 0.15) is 14.1 Å². The summed E-state index contributed by atoms with van der Waals surface area (Å²) in [6.45, 7) is 10.4. The highest BCUT2D eigenvalue weighted by Gasteiger charge is 2.34. The number of alkyl halides is 3. The minimum atomic E-state index is -4.50. The van der Waals surface area contributed by atoms with Gasteiger partial charge in [-0.2, -0.15) is 13.2 Å². The Labute approximate surface area is 164 Å². The standard InChI is InChI=1S/C20H26F3NO3Si/c1-19(2,3)28(4,5)11-7-10-16(18(26)27)24-17(25)13-14-8-6-9-15(12-14)20(21,22)23/h6,8-9,12,16H,10,13H2,1-5H3,(H,24,25)(H,26,27)/t16-/m1/s1. The molecule has 2 N–H and O–H groups in total. The van der Waals surface area contributed by atoms with E-state index in [0.717, 1.165) is 12.1 Å². The molecule has 0 fully saturated rings. The van der Waals surface area contributed by atoms with Crippen LogP contribution in [0.25, 0.3) is 0 Å². The lowest BCUT2D eigenvalue weighted by Crippen LogP contribution is -2.41. The summed E-state index contributed by atoms with van der Waals surface area (Å²) in [5, 5.41) is 11.7. The summed E-state index contributed by atoms with van der Waals surface area (Å²) in [6, 6.07) is 3.19. The first-order chi connectivity index (χ1) is 12.6. The summed E-state index contributed by atoms with van der Waals surface area (Å²) >= 11 is 0. The molecule has 1 aromatic rings. The molecule has 0 radical (unpaired) electrons. The van der Waals surface area contributed by atoms with Crippen molar-refractivity contribution in [1.82, 2.24) is 5.32 Å². The highest BCUT2D eigenvalue weighted by molar-refractivity contribution is 6.87. The van der Waals surface area contributed by atoms with Crippen molar-refractivity contribution in [3.05, 3.63) is 35.4 Å². The summed E-state index contributed by atoms with van der Waals surface area (Å²) in [5.41, 5.74) is 2.48. The first-order valence-corrected chi connectivity index (χ1v) is 11.8. The number of halogens is 3. The van der Waals surface area contributed by atoms with E-state index in [4.69, 9.17) is 0 Å². The largest absolute Gasteiger partial charge is 0.480 e. The average Bonchev–Trinajstić information content (AvgIpc) is 2.52. The highest BCUT2D eigenvalue weighted by atomic mass is 28.3. The van der Waals surface area contributed by atoms with Crippen LogP contribution in [0.1, 0.15) is 38.3 Å². The molecule has 0 aromatic heterocycles. The molecule has 8 heteroatoms. The first-order valence-electron chi connectivity index (χ1n) is 8.82. The van der Waals surface area contributed by atoms with Crippen molar-refractivity contribution in [3.63, 3.8) is 0 Å². The minimum absolute atomic E-state index is 0.0193. The van der Waals surface area contributed by atoms with Crippen LogP contribution < -0.4 is 5.32 Å². The van der Waals surface area contributed by atoms with Crippen LogP contribution in [0.2, 0.25) is 18.1 Å². The maximum atomic E-state index is 12.8. The summed E-state index contributed by atoms with van der Waals surface area (Å²) < 4.78 is 38.3. The lowest BCUT2D eigenvalue weighted by Gasteiger charge is -2.31. The van der Waals surface area contributed by atoms with Gasteiger partial charge in [-0.05, 0) is 16.7 Å². The molecule has 0 saturated heterocycles. The molecule has 1 amide bonds. The second-order valence-corrected chi connectivity index (χ2v) is 13.2. The van der Waals surface area contributed by atoms with E-state index in [-0.39, 0.29) is 23.4 Å². The Balaban J connectivity index is 2.81. The lowest BCUT2D eigenvalue weighted by atomic mass is 10.1. The van der Waals surface area contributed by atoms with Crippen molar-refractivity contribution in [2.45, 2.75) is 64.0 Å². The number of carboxylic acids is 1. The van der Waals surface area contributed by atoms with Crippen LogP contribution in [0, 0.1) is 11.5 Å². The fraction of sp³-hybridized carbons (Fsp3) is 0.500. The van der Waals surface area contributed by atoms with Gasteiger partial charge >= 0.3 is 12.1 Å². The smallest absolute Gasteiger partial charge is 0.416 e. The number of carbonyl (C=O) groups excluding carboxylic acids is 1. The van der Waals surface area contributed by atoms with Gasteiger partial charge in [-0.25, -0.2) is 4.79 Å². The molecule has 0 spiro atoms. The molecule has 28 heavy (non-hydrogen) atoms. The van der Waals surface area contributed by atoms with Gasteiger partial charge in [0.2, 0.25) is 5.91 Å². The number of rotatable bonds is 5. The normalized spacial score (nSPS) is 13.3. The topological polar surface area (TPSA) is 66.4 Å². The summed E-state index contributed by atoms with van der Waals surface area (Å²) in [4.78, 5) is 23.5. The molecular formula is C20H26F3NO3Si. The Bertz CT molecular complexity index is 786. The Kier molecular flexibility index (Phi) is 7.49. The van der Waals surface area contributed by atoms with E-state index in [1.807, 2.05) is 0 Å². The SMILES string of the molecule is CC(C)(C)[Si](C)(C)C#CC[C@@H](NC(=O)Cc1cccc(C(F)(F)F)c1)C(=O)O. The molecule has 4 nitrogen and oxygen atoms in total. The van der Waals surface area contributed by atoms with E-state index in [1.54, 1.807) is 0 Å². The molecule has 0 aliphatic heterocycles. The zero-order valence-corrected chi connectivity index (χ0v) is 17.7. The molecule has 0 aliphatic carbocycles. The maximum absolute atomic E-state index is 12.8. The van der Waals surface area contributed by atoms with Crippen LogP contribution in [-0.4, -0.2) is 31.1 Å². The fourth-order valence-electron chi connectivity index (χ4n) is 2.05. The molecular weight excluding hydrogens is 387 g/mol. The predicted molar refractivity (Wildman–Crippen MR) is 104 cm³/mol. The van der Waals surface area contributed by atoms with Crippen LogP contribution >= 0.6 is 0 Å². The third-order valence-corrected chi connectivity index (χ3v) is 9.39. The van der Waals surface area contributed by atoms with Crippen molar-refractivity contribution in [1.29, 1.82) is 0 Å². The third kappa shape index (κ3) is 7.04. The van der Waals surface area contributed by atoms with Gasteiger partial charge in [-0.1, -0.05) is 52.1 Å². The number of carbonyl (C=O) groups is 2. The van der Waals surface area contributed by atoms with Gasteiger partial charge in [0.25, 0.3) is 0 Å². The minimum Gasteiger partial charge on any atom is -0.480 e. The summed E-state index contributed by atoms with van der Waals surface area (Å²) in [7, 11) is -1.90. The van der Waals surface area contributed by atoms with E-state index in [2.05, 4.69) is 50.6 Å². The third-order valence-electron chi connectivity index (χ3n) is 4.83. The molecule has 0 unspecified atom stereocenters. The van der Waals surface area contributed by atoms with Crippen LogP contribution in [0.15, 0.2) is 24.3 Å². The number of hydrogen-bond donors (Lipinski definition) is 2. The van der Waals surface area contributed by atoms with E-state index in [0.29, 0.717) is 0 Å². The Morgan fingerprint density at radius 3 is 2.32 bits per heavy atom. The van der Waals surface area contributed by atoms with Gasteiger partial charge < -0.3 is 10.4 Å². The predicted octanol–water partition coefficient (Wildman–Crippen LogP) is 4.26. The Morgan fingerprint density at radius 2 is 1.82 bits per heavy atom. The first kappa shape index (κ1) is 23.8. The van der Waals surface area contributed by atoms with Gasteiger partial charge in [-0.3, -0.25) is 4.79 Å². The number of nitrogens with one attached hydrogen (secondary N) is 1. The van der Waals surface area contributed by atoms with E-state index in [9.17, 15) is 27.9 Å². The number of benzene rings is 1. The van der Waals surface area contributed by atoms with Gasteiger partial charge in [-0.15, -0.1) is 11.5 Å². The van der Waals surface area contributed by atoms with Crippen LogP contribution in [0.5, 0.6) is 0 Å². The van der Waals surface area contributed by atoms with Crippen molar-refractivity contribution in [2.75, 3.05) is 0 Å². The van der Waals surface area contributed by atoms with Crippen LogP contribution in [-0.2, 0) is 22.2 Å². The van der Waals surface area contributed by atoms with Gasteiger partial charge in [0, 0.05) is 6.42 Å². The number of amides is 1. The monoisotopic (exact) mass is 413 g/mol. The Hall–Kier alpha value is -2.27. The van der Waals surface area contributed by atoms with Crippen molar-refractivity contribution in [3.8, 4) is 11.5 Å². The Morgan fingerprint density at radius 1 is 1.21 bits per heavy atom. The van der Waals surface area contributed by atoms with E-state index < -0.39 is 37.7 Å². The average molecular weight is 414 g/mol. The van der Waals surface area contributed by atoms with Gasteiger partial charge in [0.15, 0.2) is 0 Å². The van der Waals surface area contributed by atoms with Crippen LogP contribution in [0.3, 0.4) is 0 Å². The number of hydrogen-bond acceptors (Lipinski definition) is 2. The maximum Gasteiger partial charge on any atom is 0.416 e. The van der Waals surface area contributed by atoms with E-state index >= 15 is 0 Å². The fourth-order valence-corrected chi connectivity index (χ4v) is 2.97. The molecule has 0 heterocycles. The molecule has 0 aliphatic rings. The molecule has 1 atom stereocenters. The number of carboxylic acid groups (broad SMARTS) is 1. The molecule has 0 saturated carbocycles. The summed E-state index contributed by atoms with van der Waals surface area (Å²) in [5.74, 6) is 0.979. The summed E-state index contributed by atoms with van der Waals surface area (Å²) in [6.07, 6.45) is -4.91. The van der Waals surface area contributed by atoms with Crippen molar-refractivity contribution < 1.29 is 27.9 Å². The molecule has 0 bridgehead atoms. The highest BCUT2D eigenvalue weighted by Crippen LogP contribution is 2.35.